The molecule has 5 heteroatoms. The lowest BCUT2D eigenvalue weighted by atomic mass is 9.98. The zero-order valence-electron chi connectivity index (χ0n) is 13.0. The quantitative estimate of drug-likeness (QED) is 0.784. The van der Waals surface area contributed by atoms with Crippen LogP contribution in [-0.4, -0.2) is 48.0 Å². The summed E-state index contributed by atoms with van der Waals surface area (Å²) < 4.78 is 5.35. The van der Waals surface area contributed by atoms with Gasteiger partial charge in [0.05, 0.1) is 12.5 Å². The summed E-state index contributed by atoms with van der Waals surface area (Å²) in [6.45, 7) is 4.57. The van der Waals surface area contributed by atoms with E-state index in [0.717, 1.165) is 25.1 Å². The Morgan fingerprint density at radius 3 is 2.68 bits per heavy atom. The molecule has 1 aliphatic rings. The van der Waals surface area contributed by atoms with E-state index in [1.165, 1.54) is 0 Å². The molecule has 2 rings (SSSR count). The Kier molecular flexibility index (Phi) is 5.95. The Hall–Kier alpha value is -1.88. The maximum atomic E-state index is 12.2. The van der Waals surface area contributed by atoms with Crippen molar-refractivity contribution in [1.29, 1.82) is 0 Å². The van der Waals surface area contributed by atoms with Crippen LogP contribution in [0.3, 0.4) is 0 Å². The number of benzene rings is 1. The Morgan fingerprint density at radius 2 is 2.05 bits per heavy atom. The van der Waals surface area contributed by atoms with Gasteiger partial charge in [-0.2, -0.15) is 0 Å². The average molecular weight is 305 g/mol. The Labute approximate surface area is 130 Å². The number of aliphatic carboxylic acids is 1. The van der Waals surface area contributed by atoms with Crippen molar-refractivity contribution in [2.24, 2.45) is 5.92 Å². The SMILES string of the molecule is CCOc1ccc(C(=O)CCN2CCCC(C(=O)O)C2)cc1. The number of carbonyl (C=O) groups is 2. The molecule has 0 spiro atoms. The number of ether oxygens (including phenoxy) is 1. The number of rotatable bonds is 7. The van der Waals surface area contributed by atoms with Gasteiger partial charge in [0.15, 0.2) is 5.78 Å². The lowest BCUT2D eigenvalue weighted by Crippen LogP contribution is -2.39. The van der Waals surface area contributed by atoms with Gasteiger partial charge in [-0.25, -0.2) is 0 Å². The van der Waals surface area contributed by atoms with Crippen molar-refractivity contribution in [2.45, 2.75) is 26.2 Å². The zero-order chi connectivity index (χ0) is 15.9. The highest BCUT2D eigenvalue weighted by Gasteiger charge is 2.25. The van der Waals surface area contributed by atoms with Gasteiger partial charge < -0.3 is 14.7 Å². The van der Waals surface area contributed by atoms with E-state index in [9.17, 15) is 9.59 Å². The summed E-state index contributed by atoms with van der Waals surface area (Å²) in [7, 11) is 0. The molecule has 0 saturated carbocycles. The molecule has 1 unspecified atom stereocenters. The number of likely N-dealkylation sites (tertiary alicyclic amines) is 1. The first kappa shape index (κ1) is 16.5. The molecule has 120 valence electrons. The third kappa shape index (κ3) is 4.56. The van der Waals surface area contributed by atoms with Crippen LogP contribution in [0.25, 0.3) is 0 Å². The largest absolute Gasteiger partial charge is 0.494 e. The molecule has 0 bridgehead atoms. The van der Waals surface area contributed by atoms with Gasteiger partial charge >= 0.3 is 5.97 Å². The van der Waals surface area contributed by atoms with Crippen molar-refractivity contribution >= 4 is 11.8 Å². The normalized spacial score (nSPS) is 18.9. The summed E-state index contributed by atoms with van der Waals surface area (Å²) in [5.74, 6) is -0.184. The standard InChI is InChI=1S/C17H23NO4/c1-2-22-15-7-5-13(6-8-15)16(19)9-11-18-10-3-4-14(12-18)17(20)21/h5-8,14H,2-4,9-12H2,1H3,(H,20,21). The van der Waals surface area contributed by atoms with Crippen molar-refractivity contribution in [3.8, 4) is 5.75 Å². The first-order valence-corrected chi connectivity index (χ1v) is 7.81. The molecule has 0 radical (unpaired) electrons. The summed E-state index contributed by atoms with van der Waals surface area (Å²) in [6.07, 6.45) is 2.03. The van der Waals surface area contributed by atoms with Gasteiger partial charge in [0.2, 0.25) is 0 Å². The molecule has 1 saturated heterocycles. The fourth-order valence-electron chi connectivity index (χ4n) is 2.77. The molecule has 0 amide bonds. The first-order valence-electron chi connectivity index (χ1n) is 7.81. The summed E-state index contributed by atoms with van der Waals surface area (Å²) in [6, 6.07) is 7.17. The second-order valence-corrected chi connectivity index (χ2v) is 5.61. The lowest BCUT2D eigenvalue weighted by Gasteiger charge is -2.30. The number of hydrogen-bond acceptors (Lipinski definition) is 4. The average Bonchev–Trinajstić information content (AvgIpc) is 2.54. The third-order valence-electron chi connectivity index (χ3n) is 4.00. The van der Waals surface area contributed by atoms with Gasteiger partial charge in [-0.3, -0.25) is 9.59 Å². The van der Waals surface area contributed by atoms with E-state index in [1.54, 1.807) is 24.3 Å². The number of carbonyl (C=O) groups excluding carboxylic acids is 1. The molecule has 1 fully saturated rings. The highest BCUT2D eigenvalue weighted by molar-refractivity contribution is 5.96. The minimum Gasteiger partial charge on any atom is -0.494 e. The molecular weight excluding hydrogens is 282 g/mol. The molecule has 1 heterocycles. The molecule has 22 heavy (non-hydrogen) atoms. The number of Topliss-reactive ketones (excluding diaryl/α,β-unsaturated/α-hetero) is 1. The number of carboxylic acids is 1. The van der Waals surface area contributed by atoms with Crippen LogP contribution in [0.1, 0.15) is 36.5 Å². The van der Waals surface area contributed by atoms with Gasteiger partial charge in [-0.05, 0) is 50.6 Å². The van der Waals surface area contributed by atoms with Crippen molar-refractivity contribution in [3.63, 3.8) is 0 Å². The van der Waals surface area contributed by atoms with Gasteiger partial charge in [0, 0.05) is 25.1 Å². The third-order valence-corrected chi connectivity index (χ3v) is 4.00. The molecule has 1 aromatic carbocycles. The molecular formula is C17H23NO4. The monoisotopic (exact) mass is 305 g/mol. The molecule has 1 aliphatic heterocycles. The molecule has 5 nitrogen and oxygen atoms in total. The van der Waals surface area contributed by atoms with Crippen LogP contribution in [-0.2, 0) is 4.79 Å². The first-order chi connectivity index (χ1) is 10.6. The van der Waals surface area contributed by atoms with Crippen LogP contribution >= 0.6 is 0 Å². The fraction of sp³-hybridized carbons (Fsp3) is 0.529. The van der Waals surface area contributed by atoms with E-state index < -0.39 is 5.97 Å². The van der Waals surface area contributed by atoms with Gasteiger partial charge in [-0.1, -0.05) is 0 Å². The number of ketones is 1. The second kappa shape index (κ2) is 7.94. The topological polar surface area (TPSA) is 66.8 Å². The Balaban J connectivity index is 1.83. The van der Waals surface area contributed by atoms with E-state index in [-0.39, 0.29) is 11.7 Å². The van der Waals surface area contributed by atoms with Crippen LogP contribution in [0.5, 0.6) is 5.75 Å². The number of carboxylic acid groups (broad SMARTS) is 1. The molecule has 1 aromatic rings. The van der Waals surface area contributed by atoms with Crippen molar-refractivity contribution in [3.05, 3.63) is 29.8 Å². The minimum atomic E-state index is -0.734. The van der Waals surface area contributed by atoms with Crippen molar-refractivity contribution in [1.82, 2.24) is 4.90 Å². The highest BCUT2D eigenvalue weighted by atomic mass is 16.5. The summed E-state index contributed by atoms with van der Waals surface area (Å²) in [4.78, 5) is 25.3. The maximum Gasteiger partial charge on any atom is 0.307 e. The van der Waals surface area contributed by atoms with Crippen LogP contribution in [0, 0.1) is 5.92 Å². The van der Waals surface area contributed by atoms with Crippen LogP contribution in [0.15, 0.2) is 24.3 Å². The Bertz CT molecular complexity index is 512. The summed E-state index contributed by atoms with van der Waals surface area (Å²) >= 11 is 0. The Morgan fingerprint density at radius 1 is 1.32 bits per heavy atom. The van der Waals surface area contributed by atoms with Gasteiger partial charge in [-0.15, -0.1) is 0 Å². The van der Waals surface area contributed by atoms with Gasteiger partial charge in [0.25, 0.3) is 0 Å². The molecule has 1 atom stereocenters. The number of hydrogen-bond donors (Lipinski definition) is 1. The molecule has 0 aliphatic carbocycles. The van der Waals surface area contributed by atoms with E-state index >= 15 is 0 Å². The maximum absolute atomic E-state index is 12.2. The number of piperidine rings is 1. The fourth-order valence-corrected chi connectivity index (χ4v) is 2.77. The minimum absolute atomic E-state index is 0.0838. The zero-order valence-corrected chi connectivity index (χ0v) is 13.0. The predicted octanol–water partition coefficient (Wildman–Crippen LogP) is 2.45. The van der Waals surface area contributed by atoms with E-state index in [4.69, 9.17) is 9.84 Å². The van der Waals surface area contributed by atoms with Crippen LogP contribution in [0.4, 0.5) is 0 Å². The molecule has 0 aromatic heterocycles. The predicted molar refractivity (Wildman–Crippen MR) is 83.4 cm³/mol. The molecule has 1 N–H and O–H groups in total. The highest BCUT2D eigenvalue weighted by Crippen LogP contribution is 2.18. The second-order valence-electron chi connectivity index (χ2n) is 5.61. The van der Waals surface area contributed by atoms with E-state index in [2.05, 4.69) is 4.90 Å². The van der Waals surface area contributed by atoms with E-state index in [0.29, 0.717) is 31.7 Å². The smallest absolute Gasteiger partial charge is 0.307 e. The van der Waals surface area contributed by atoms with Gasteiger partial charge in [0.1, 0.15) is 5.75 Å². The van der Waals surface area contributed by atoms with Crippen molar-refractivity contribution in [2.75, 3.05) is 26.2 Å². The summed E-state index contributed by atoms with van der Waals surface area (Å²) in [5, 5.41) is 9.08. The lowest BCUT2D eigenvalue weighted by molar-refractivity contribution is -0.143. The summed E-state index contributed by atoms with van der Waals surface area (Å²) in [5.41, 5.74) is 0.676. The van der Waals surface area contributed by atoms with E-state index in [1.807, 2.05) is 6.92 Å². The van der Waals surface area contributed by atoms with Crippen LogP contribution < -0.4 is 4.74 Å². The van der Waals surface area contributed by atoms with Crippen molar-refractivity contribution < 1.29 is 19.4 Å². The van der Waals surface area contributed by atoms with Crippen LogP contribution in [0.2, 0.25) is 0 Å². The number of nitrogens with zero attached hydrogens (tertiary/aromatic N) is 1.